The Labute approximate surface area is 96.9 Å². The van der Waals surface area contributed by atoms with Crippen molar-refractivity contribution in [2.45, 2.75) is 52.2 Å². The van der Waals surface area contributed by atoms with Gasteiger partial charge in [-0.15, -0.1) is 0 Å². The normalized spacial score (nSPS) is 17.8. The SMILES string of the molecule is CCN(C(=O)OC(C)(C)C)C(C=O)C1CC1. The molecule has 0 N–H and O–H groups in total. The van der Waals surface area contributed by atoms with Crippen molar-refractivity contribution < 1.29 is 14.3 Å². The Balaban J connectivity index is 2.64. The number of nitrogens with zero attached hydrogens (tertiary/aromatic N) is 1. The van der Waals surface area contributed by atoms with E-state index in [1.165, 1.54) is 4.90 Å². The number of hydrogen-bond acceptors (Lipinski definition) is 3. The third-order valence-electron chi connectivity index (χ3n) is 2.57. The van der Waals surface area contributed by atoms with Gasteiger partial charge < -0.3 is 9.53 Å². The van der Waals surface area contributed by atoms with Crippen molar-refractivity contribution in [2.24, 2.45) is 5.92 Å². The fraction of sp³-hybridized carbons (Fsp3) is 0.833. The molecule has 0 aromatic heterocycles. The molecule has 4 heteroatoms. The van der Waals surface area contributed by atoms with Crippen molar-refractivity contribution in [3.63, 3.8) is 0 Å². The average molecular weight is 227 g/mol. The Morgan fingerprint density at radius 2 is 2.06 bits per heavy atom. The van der Waals surface area contributed by atoms with Gasteiger partial charge in [-0.2, -0.15) is 0 Å². The second kappa shape index (κ2) is 4.85. The third-order valence-corrected chi connectivity index (χ3v) is 2.57. The van der Waals surface area contributed by atoms with Gasteiger partial charge in [-0.3, -0.25) is 4.90 Å². The highest BCUT2D eigenvalue weighted by Gasteiger charge is 2.38. The molecule has 0 heterocycles. The summed E-state index contributed by atoms with van der Waals surface area (Å²) in [5.74, 6) is 0.338. The Morgan fingerprint density at radius 1 is 1.50 bits per heavy atom. The van der Waals surface area contributed by atoms with Crippen LogP contribution < -0.4 is 0 Å². The van der Waals surface area contributed by atoms with Crippen LogP contribution in [0.15, 0.2) is 0 Å². The lowest BCUT2D eigenvalue weighted by Gasteiger charge is -2.30. The summed E-state index contributed by atoms with van der Waals surface area (Å²) in [6.07, 6.45) is 2.54. The molecule has 16 heavy (non-hydrogen) atoms. The highest BCUT2D eigenvalue weighted by molar-refractivity contribution is 5.74. The number of aldehydes is 1. The fourth-order valence-electron chi connectivity index (χ4n) is 1.66. The summed E-state index contributed by atoms with van der Waals surface area (Å²) in [5, 5.41) is 0. The first kappa shape index (κ1) is 13.0. The third kappa shape index (κ3) is 3.51. The number of rotatable bonds is 4. The van der Waals surface area contributed by atoms with Crippen LogP contribution in [0.25, 0.3) is 0 Å². The van der Waals surface area contributed by atoms with Crippen LogP contribution in [0.3, 0.4) is 0 Å². The van der Waals surface area contributed by atoms with Crippen LogP contribution >= 0.6 is 0 Å². The molecule has 0 radical (unpaired) electrons. The summed E-state index contributed by atoms with van der Waals surface area (Å²) < 4.78 is 5.28. The average Bonchev–Trinajstić information content (AvgIpc) is 2.93. The zero-order valence-corrected chi connectivity index (χ0v) is 10.5. The second-order valence-electron chi connectivity index (χ2n) is 5.23. The molecule has 1 unspecified atom stereocenters. The molecule has 1 amide bonds. The maximum Gasteiger partial charge on any atom is 0.410 e. The molecule has 1 aliphatic rings. The van der Waals surface area contributed by atoms with E-state index in [0.29, 0.717) is 12.5 Å². The molecule has 0 aromatic rings. The quantitative estimate of drug-likeness (QED) is 0.692. The predicted octanol–water partition coefficient (Wildman–Crippen LogP) is 2.22. The first-order valence-electron chi connectivity index (χ1n) is 5.84. The van der Waals surface area contributed by atoms with Gasteiger partial charge in [0.2, 0.25) is 0 Å². The zero-order valence-electron chi connectivity index (χ0n) is 10.5. The number of amides is 1. The van der Waals surface area contributed by atoms with E-state index in [2.05, 4.69) is 0 Å². The highest BCUT2D eigenvalue weighted by Crippen LogP contribution is 2.34. The van der Waals surface area contributed by atoms with Gasteiger partial charge >= 0.3 is 6.09 Å². The van der Waals surface area contributed by atoms with Crippen LogP contribution in [0.2, 0.25) is 0 Å². The molecule has 1 fully saturated rings. The van der Waals surface area contributed by atoms with E-state index in [9.17, 15) is 9.59 Å². The number of hydrogen-bond donors (Lipinski definition) is 0. The molecule has 4 nitrogen and oxygen atoms in total. The maximum absolute atomic E-state index is 11.9. The number of carbonyl (C=O) groups excluding carboxylic acids is 2. The summed E-state index contributed by atoms with van der Waals surface area (Å²) in [7, 11) is 0. The van der Waals surface area contributed by atoms with Gasteiger partial charge in [0.1, 0.15) is 11.9 Å². The van der Waals surface area contributed by atoms with E-state index in [1.807, 2.05) is 27.7 Å². The van der Waals surface area contributed by atoms with Gasteiger partial charge in [0, 0.05) is 6.54 Å². The molecule has 1 atom stereocenters. The van der Waals surface area contributed by atoms with Gasteiger partial charge in [-0.1, -0.05) is 0 Å². The molecule has 1 aliphatic carbocycles. The second-order valence-corrected chi connectivity index (χ2v) is 5.23. The van der Waals surface area contributed by atoms with Crippen LogP contribution in [0, 0.1) is 5.92 Å². The van der Waals surface area contributed by atoms with Gasteiger partial charge in [0.05, 0.1) is 6.04 Å². The summed E-state index contributed by atoms with van der Waals surface area (Å²) >= 11 is 0. The monoisotopic (exact) mass is 227 g/mol. The van der Waals surface area contributed by atoms with Crippen molar-refractivity contribution in [2.75, 3.05) is 6.54 Å². The Kier molecular flexibility index (Phi) is 3.94. The van der Waals surface area contributed by atoms with E-state index in [0.717, 1.165) is 19.1 Å². The maximum atomic E-state index is 11.9. The van der Waals surface area contributed by atoms with E-state index >= 15 is 0 Å². The van der Waals surface area contributed by atoms with Crippen molar-refractivity contribution in [3.05, 3.63) is 0 Å². The van der Waals surface area contributed by atoms with Crippen molar-refractivity contribution >= 4 is 12.4 Å². The van der Waals surface area contributed by atoms with Crippen LogP contribution in [0.4, 0.5) is 4.79 Å². The smallest absolute Gasteiger partial charge is 0.410 e. The topological polar surface area (TPSA) is 46.6 Å². The van der Waals surface area contributed by atoms with E-state index in [4.69, 9.17) is 4.74 Å². The number of ether oxygens (including phenoxy) is 1. The lowest BCUT2D eigenvalue weighted by molar-refractivity contribution is -0.113. The van der Waals surface area contributed by atoms with Crippen LogP contribution in [-0.2, 0) is 9.53 Å². The molecule has 0 aromatic carbocycles. The Bertz CT molecular complexity index is 266. The standard InChI is InChI=1S/C12H21NO3/c1-5-13(10(8-14)9-6-7-9)11(15)16-12(2,3)4/h8-10H,5-7H2,1-4H3. The van der Waals surface area contributed by atoms with Crippen molar-refractivity contribution in [1.29, 1.82) is 0 Å². The number of carbonyl (C=O) groups is 2. The lowest BCUT2D eigenvalue weighted by Crippen LogP contribution is -2.45. The molecule has 0 bridgehead atoms. The molecular weight excluding hydrogens is 206 g/mol. The van der Waals surface area contributed by atoms with Crippen molar-refractivity contribution in [1.82, 2.24) is 4.90 Å². The molecule has 0 spiro atoms. The highest BCUT2D eigenvalue weighted by atomic mass is 16.6. The minimum Gasteiger partial charge on any atom is -0.444 e. The van der Waals surface area contributed by atoms with Crippen LogP contribution in [-0.4, -0.2) is 35.5 Å². The summed E-state index contributed by atoms with van der Waals surface area (Å²) in [6, 6.07) is -0.306. The first-order valence-corrected chi connectivity index (χ1v) is 5.84. The molecule has 1 rings (SSSR count). The van der Waals surface area contributed by atoms with Crippen molar-refractivity contribution in [3.8, 4) is 0 Å². The predicted molar refractivity (Wildman–Crippen MR) is 61.2 cm³/mol. The first-order chi connectivity index (χ1) is 7.39. The van der Waals surface area contributed by atoms with E-state index in [1.54, 1.807) is 0 Å². The summed E-state index contributed by atoms with van der Waals surface area (Å²) in [6.45, 7) is 7.85. The van der Waals surface area contributed by atoms with E-state index < -0.39 is 5.60 Å². The molecular formula is C12H21NO3. The Hall–Kier alpha value is -1.06. The largest absolute Gasteiger partial charge is 0.444 e. The van der Waals surface area contributed by atoms with E-state index in [-0.39, 0.29) is 12.1 Å². The van der Waals surface area contributed by atoms with Crippen LogP contribution in [0.1, 0.15) is 40.5 Å². The lowest BCUT2D eigenvalue weighted by atomic mass is 10.2. The fourth-order valence-corrected chi connectivity index (χ4v) is 1.66. The molecule has 0 aliphatic heterocycles. The number of likely N-dealkylation sites (N-methyl/N-ethyl adjacent to an activating group) is 1. The van der Waals surface area contributed by atoms with Gasteiger partial charge in [0.25, 0.3) is 0 Å². The molecule has 92 valence electrons. The molecule has 1 saturated carbocycles. The van der Waals surface area contributed by atoms with Gasteiger partial charge in [-0.05, 0) is 46.5 Å². The van der Waals surface area contributed by atoms with Crippen LogP contribution in [0.5, 0.6) is 0 Å². The van der Waals surface area contributed by atoms with Gasteiger partial charge in [0.15, 0.2) is 0 Å². The minimum absolute atomic E-state index is 0.306. The van der Waals surface area contributed by atoms with Gasteiger partial charge in [-0.25, -0.2) is 4.79 Å². The summed E-state index contributed by atoms with van der Waals surface area (Å²) in [4.78, 5) is 24.4. The molecule has 0 saturated heterocycles. The zero-order chi connectivity index (χ0) is 12.3. The summed E-state index contributed by atoms with van der Waals surface area (Å²) in [5.41, 5.74) is -0.512. The Morgan fingerprint density at radius 3 is 2.38 bits per heavy atom. The minimum atomic E-state index is -0.512.